The van der Waals surface area contributed by atoms with Crippen molar-refractivity contribution in [1.82, 2.24) is 16.2 Å². The highest BCUT2D eigenvalue weighted by atomic mass is 35.5. The quantitative estimate of drug-likeness (QED) is 0.207. The fraction of sp³-hybridized carbons (Fsp3) is 0.167. The van der Waals surface area contributed by atoms with E-state index >= 15 is 0 Å². The molecule has 0 aliphatic heterocycles. The normalized spacial score (nSPS) is 10.1. The third-order valence-electron chi connectivity index (χ3n) is 3.83. The number of rotatable bonds is 8. The molecule has 0 atom stereocenters. The molecule has 0 aliphatic carbocycles. The van der Waals surface area contributed by atoms with Crippen LogP contribution in [0.25, 0.3) is 0 Å². The van der Waals surface area contributed by atoms with Crippen LogP contribution in [0.5, 0.6) is 5.75 Å². The SMILES string of the molecule is O=C(CCCOc1ccc(Cl)cc1Cl)NNC(=S)NC(=O)c1cc([N+](=O)[O-])cc([N+](=O)[O-])c1. The predicted octanol–water partition coefficient (Wildman–Crippen LogP) is 3.30. The number of hydrogen-bond acceptors (Lipinski definition) is 8. The van der Waals surface area contributed by atoms with E-state index in [1.54, 1.807) is 12.1 Å². The number of hydrazine groups is 1. The molecule has 12 nitrogen and oxygen atoms in total. The van der Waals surface area contributed by atoms with Crippen LogP contribution in [-0.2, 0) is 4.79 Å². The Morgan fingerprint density at radius 3 is 2.21 bits per heavy atom. The number of non-ortho nitro benzene ring substituents is 2. The number of amides is 2. The van der Waals surface area contributed by atoms with E-state index in [4.69, 9.17) is 40.2 Å². The van der Waals surface area contributed by atoms with Crippen molar-refractivity contribution in [2.75, 3.05) is 6.61 Å². The van der Waals surface area contributed by atoms with Gasteiger partial charge >= 0.3 is 0 Å². The largest absolute Gasteiger partial charge is 0.492 e. The molecular weight excluding hydrogens is 501 g/mol. The molecule has 0 saturated heterocycles. The number of thiocarbonyl (C=S) groups is 1. The number of nitro benzene ring substituents is 2. The Morgan fingerprint density at radius 2 is 1.64 bits per heavy atom. The van der Waals surface area contributed by atoms with Gasteiger partial charge in [0.15, 0.2) is 5.11 Å². The number of nitrogens with one attached hydrogen (secondary N) is 3. The maximum Gasteiger partial charge on any atom is 0.277 e. The van der Waals surface area contributed by atoms with Crippen LogP contribution in [0.2, 0.25) is 10.0 Å². The minimum Gasteiger partial charge on any atom is -0.492 e. The lowest BCUT2D eigenvalue weighted by molar-refractivity contribution is -0.394. The highest BCUT2D eigenvalue weighted by Gasteiger charge is 2.20. The van der Waals surface area contributed by atoms with Crippen LogP contribution in [0, 0.1) is 20.2 Å². The Hall–Kier alpha value is -3.55. The molecular formula is C18H15Cl2N5O7S. The van der Waals surface area contributed by atoms with E-state index in [1.807, 2.05) is 0 Å². The van der Waals surface area contributed by atoms with Crippen LogP contribution in [0.1, 0.15) is 23.2 Å². The summed E-state index contributed by atoms with van der Waals surface area (Å²) in [6.07, 6.45) is 0.384. The zero-order chi connectivity index (χ0) is 24.5. The van der Waals surface area contributed by atoms with E-state index < -0.39 is 33.0 Å². The molecule has 0 spiro atoms. The second-order valence-electron chi connectivity index (χ2n) is 6.24. The van der Waals surface area contributed by atoms with Crippen LogP contribution in [0.3, 0.4) is 0 Å². The van der Waals surface area contributed by atoms with Crippen LogP contribution in [-0.4, -0.2) is 33.4 Å². The van der Waals surface area contributed by atoms with Crippen molar-refractivity contribution in [2.24, 2.45) is 0 Å². The lowest BCUT2D eigenvalue weighted by atomic mass is 10.1. The van der Waals surface area contributed by atoms with Crippen molar-refractivity contribution in [1.29, 1.82) is 0 Å². The van der Waals surface area contributed by atoms with Crippen LogP contribution in [0.4, 0.5) is 11.4 Å². The van der Waals surface area contributed by atoms with E-state index in [0.717, 1.165) is 18.2 Å². The van der Waals surface area contributed by atoms with Crippen LogP contribution >= 0.6 is 35.4 Å². The highest BCUT2D eigenvalue weighted by molar-refractivity contribution is 7.80. The molecule has 0 saturated carbocycles. The van der Waals surface area contributed by atoms with Gasteiger partial charge in [0.25, 0.3) is 17.3 Å². The molecule has 2 rings (SSSR count). The van der Waals surface area contributed by atoms with Gasteiger partial charge in [0.2, 0.25) is 5.91 Å². The molecule has 0 bridgehead atoms. The van der Waals surface area contributed by atoms with Gasteiger partial charge in [-0.05, 0) is 36.8 Å². The molecule has 0 radical (unpaired) electrons. The van der Waals surface area contributed by atoms with Crippen molar-refractivity contribution >= 4 is 63.7 Å². The van der Waals surface area contributed by atoms with Gasteiger partial charge in [-0.15, -0.1) is 0 Å². The molecule has 0 aromatic heterocycles. The predicted molar refractivity (Wildman–Crippen MR) is 122 cm³/mol. The third kappa shape index (κ3) is 8.14. The first kappa shape index (κ1) is 25.7. The first-order chi connectivity index (χ1) is 15.6. The Bertz CT molecular complexity index is 1080. The molecule has 2 amide bonds. The standard InChI is InChI=1S/C18H15Cl2N5O7S/c19-11-3-4-15(14(20)8-11)32-5-1-2-16(26)22-23-18(33)21-17(27)10-6-12(24(28)29)9-13(7-10)25(30)31/h3-4,6-9H,1-2,5H2,(H,22,26)(H2,21,23,27,33). The maximum absolute atomic E-state index is 12.2. The van der Waals surface area contributed by atoms with Gasteiger partial charge < -0.3 is 4.74 Å². The molecule has 33 heavy (non-hydrogen) atoms. The van der Waals surface area contributed by atoms with Gasteiger partial charge in [0, 0.05) is 23.6 Å². The topological polar surface area (TPSA) is 166 Å². The van der Waals surface area contributed by atoms with Gasteiger partial charge in [-0.2, -0.15) is 0 Å². The molecule has 174 valence electrons. The van der Waals surface area contributed by atoms with Crippen molar-refractivity contribution in [3.05, 3.63) is 72.2 Å². The Kier molecular flexibility index (Phi) is 9.27. The Morgan fingerprint density at radius 1 is 1.00 bits per heavy atom. The summed E-state index contributed by atoms with van der Waals surface area (Å²) < 4.78 is 5.45. The van der Waals surface area contributed by atoms with E-state index in [1.165, 1.54) is 6.07 Å². The maximum atomic E-state index is 12.2. The molecule has 0 heterocycles. The van der Waals surface area contributed by atoms with Gasteiger partial charge in [0.05, 0.1) is 33.1 Å². The number of halogens is 2. The first-order valence-electron chi connectivity index (χ1n) is 8.98. The van der Waals surface area contributed by atoms with E-state index in [2.05, 4.69) is 16.2 Å². The molecule has 15 heteroatoms. The molecule has 0 aliphatic rings. The molecule has 0 unspecified atom stereocenters. The van der Waals surface area contributed by atoms with Gasteiger partial charge in [-0.3, -0.25) is 46.0 Å². The van der Waals surface area contributed by atoms with Crippen molar-refractivity contribution in [3.63, 3.8) is 0 Å². The van der Waals surface area contributed by atoms with E-state index in [0.29, 0.717) is 22.2 Å². The molecule has 2 aromatic carbocycles. The summed E-state index contributed by atoms with van der Waals surface area (Å²) in [5, 5.41) is 24.5. The summed E-state index contributed by atoms with van der Waals surface area (Å²) in [6, 6.07) is 7.17. The summed E-state index contributed by atoms with van der Waals surface area (Å²) in [7, 11) is 0. The van der Waals surface area contributed by atoms with Crippen molar-refractivity contribution in [2.45, 2.75) is 12.8 Å². The van der Waals surface area contributed by atoms with Crippen LogP contribution in [0.15, 0.2) is 36.4 Å². The number of nitrogens with zero attached hydrogens (tertiary/aromatic N) is 2. The summed E-state index contributed by atoms with van der Waals surface area (Å²) in [5.74, 6) is -0.991. The Balaban J connectivity index is 1.79. The van der Waals surface area contributed by atoms with Gasteiger partial charge in [0.1, 0.15) is 5.75 Å². The van der Waals surface area contributed by atoms with Crippen molar-refractivity contribution < 1.29 is 24.2 Å². The second kappa shape index (κ2) is 11.9. The fourth-order valence-corrected chi connectivity index (χ4v) is 2.95. The van der Waals surface area contributed by atoms with E-state index in [-0.39, 0.29) is 23.7 Å². The molecule has 0 fully saturated rings. The van der Waals surface area contributed by atoms with E-state index in [9.17, 15) is 29.8 Å². The van der Waals surface area contributed by atoms with Crippen molar-refractivity contribution in [3.8, 4) is 5.75 Å². The smallest absolute Gasteiger partial charge is 0.277 e. The monoisotopic (exact) mass is 515 g/mol. The minimum atomic E-state index is -0.943. The lowest BCUT2D eigenvalue weighted by Crippen LogP contribution is -2.48. The third-order valence-corrected chi connectivity index (χ3v) is 4.56. The Labute approximate surface area is 201 Å². The van der Waals surface area contributed by atoms with Gasteiger partial charge in [-0.25, -0.2) is 0 Å². The second-order valence-corrected chi connectivity index (χ2v) is 7.49. The average molecular weight is 516 g/mol. The number of nitro groups is 2. The number of benzene rings is 2. The van der Waals surface area contributed by atoms with Crippen LogP contribution < -0.4 is 20.9 Å². The number of ether oxygens (including phenoxy) is 1. The molecule has 3 N–H and O–H groups in total. The zero-order valence-corrected chi connectivity index (χ0v) is 18.8. The number of hydrogen-bond donors (Lipinski definition) is 3. The summed E-state index contributed by atoms with van der Waals surface area (Å²) in [5.41, 5.74) is 2.91. The number of carbonyl (C=O) groups is 2. The summed E-state index contributed by atoms with van der Waals surface area (Å²) in [6.45, 7) is 0.196. The van der Waals surface area contributed by atoms with Gasteiger partial charge in [-0.1, -0.05) is 23.2 Å². The highest BCUT2D eigenvalue weighted by Crippen LogP contribution is 2.27. The molecule has 2 aromatic rings. The number of carbonyl (C=O) groups excluding carboxylic acids is 2. The first-order valence-corrected chi connectivity index (χ1v) is 10.1. The fourth-order valence-electron chi connectivity index (χ4n) is 2.34. The summed E-state index contributed by atoms with van der Waals surface area (Å²) in [4.78, 5) is 44.2. The summed E-state index contributed by atoms with van der Waals surface area (Å²) >= 11 is 16.6. The minimum absolute atomic E-state index is 0.0475. The lowest BCUT2D eigenvalue weighted by Gasteiger charge is -2.11. The average Bonchev–Trinajstić information content (AvgIpc) is 2.76. The zero-order valence-electron chi connectivity index (χ0n) is 16.5.